The summed E-state index contributed by atoms with van der Waals surface area (Å²) in [6.07, 6.45) is 0. The van der Waals surface area contributed by atoms with Crippen LogP contribution in [0.4, 0.5) is 0 Å². The molecule has 0 unspecified atom stereocenters. The van der Waals surface area contributed by atoms with Crippen molar-refractivity contribution in [3.05, 3.63) is 23.3 Å². The molecule has 2 N–H and O–H groups in total. The third kappa shape index (κ3) is 3.40. The van der Waals surface area contributed by atoms with Crippen LogP contribution in [0.2, 0.25) is 0 Å². The molecule has 0 saturated carbocycles. The third-order valence-electron chi connectivity index (χ3n) is 1.59. The van der Waals surface area contributed by atoms with Gasteiger partial charge in [-0.15, -0.1) is 0 Å². The molecule has 0 aromatic carbocycles. The minimum atomic E-state index is 0.181. The Kier molecular flexibility index (Phi) is 6.06. The molecule has 0 bridgehead atoms. The number of nitriles is 2. The van der Waals surface area contributed by atoms with E-state index in [1.165, 1.54) is 0 Å². The summed E-state index contributed by atoms with van der Waals surface area (Å²) >= 11 is 0. The lowest BCUT2D eigenvalue weighted by Crippen LogP contribution is -2.05. The molecule has 0 aromatic heterocycles. The average Bonchev–Trinajstić information content (AvgIpc) is 2.56. The predicted octanol–water partition coefficient (Wildman–Crippen LogP) is 0.325. The van der Waals surface area contributed by atoms with Gasteiger partial charge in [0.1, 0.15) is 17.7 Å². The fourth-order valence-corrected chi connectivity index (χ4v) is 0.995. The molecule has 1 heterocycles. The standard InChI is InChI=1S/C8H7N3.C2H7N/c1-6-4-11-5-8(6)7(2-9)3-10;1-3-2/h11H,1,4-5H2;3H,1-2H3. The molecule has 1 saturated heterocycles. The van der Waals surface area contributed by atoms with Crippen molar-refractivity contribution in [2.45, 2.75) is 0 Å². The zero-order chi connectivity index (χ0) is 11.0. The summed E-state index contributed by atoms with van der Waals surface area (Å²) in [5.74, 6) is 0. The molecule has 4 nitrogen and oxygen atoms in total. The van der Waals surface area contributed by atoms with Crippen LogP contribution in [0.3, 0.4) is 0 Å². The van der Waals surface area contributed by atoms with Crippen molar-refractivity contribution in [1.29, 1.82) is 10.5 Å². The van der Waals surface area contributed by atoms with E-state index in [2.05, 4.69) is 17.2 Å². The van der Waals surface area contributed by atoms with E-state index in [4.69, 9.17) is 10.5 Å². The summed E-state index contributed by atoms with van der Waals surface area (Å²) in [4.78, 5) is 0. The molecule has 0 aliphatic carbocycles. The first kappa shape index (κ1) is 12.4. The van der Waals surface area contributed by atoms with Gasteiger partial charge in [-0.05, 0) is 25.2 Å². The van der Waals surface area contributed by atoms with Crippen LogP contribution in [0.25, 0.3) is 0 Å². The summed E-state index contributed by atoms with van der Waals surface area (Å²) in [5, 5.41) is 22.8. The maximum Gasteiger partial charge on any atom is 0.134 e. The quantitative estimate of drug-likeness (QED) is 0.540. The molecular weight excluding hydrogens is 176 g/mol. The molecule has 0 radical (unpaired) electrons. The highest BCUT2D eigenvalue weighted by Crippen LogP contribution is 2.15. The second kappa shape index (κ2) is 6.85. The molecule has 4 heteroatoms. The van der Waals surface area contributed by atoms with Crippen LogP contribution in [0.15, 0.2) is 23.3 Å². The van der Waals surface area contributed by atoms with E-state index >= 15 is 0 Å². The normalized spacial score (nSPS) is 13.7. The van der Waals surface area contributed by atoms with Gasteiger partial charge in [-0.3, -0.25) is 0 Å². The van der Waals surface area contributed by atoms with E-state index in [1.807, 2.05) is 26.2 Å². The number of nitrogens with one attached hydrogen (secondary N) is 2. The van der Waals surface area contributed by atoms with Crippen LogP contribution in [0.5, 0.6) is 0 Å². The molecule has 0 amide bonds. The summed E-state index contributed by atoms with van der Waals surface area (Å²) < 4.78 is 0. The van der Waals surface area contributed by atoms with Gasteiger partial charge in [0.05, 0.1) is 0 Å². The monoisotopic (exact) mass is 190 g/mol. The smallest absolute Gasteiger partial charge is 0.134 e. The van der Waals surface area contributed by atoms with Gasteiger partial charge in [-0.2, -0.15) is 10.5 Å². The molecule has 0 spiro atoms. The topological polar surface area (TPSA) is 71.6 Å². The van der Waals surface area contributed by atoms with Crippen molar-refractivity contribution in [1.82, 2.24) is 10.6 Å². The van der Waals surface area contributed by atoms with Crippen LogP contribution in [0, 0.1) is 22.7 Å². The predicted molar refractivity (Wildman–Crippen MR) is 55.2 cm³/mol. The zero-order valence-electron chi connectivity index (χ0n) is 8.52. The van der Waals surface area contributed by atoms with E-state index in [0.717, 1.165) is 11.1 Å². The molecule has 0 atom stereocenters. The van der Waals surface area contributed by atoms with Crippen molar-refractivity contribution in [3.63, 3.8) is 0 Å². The van der Waals surface area contributed by atoms with E-state index in [1.54, 1.807) is 0 Å². The Hall–Kier alpha value is -1.62. The van der Waals surface area contributed by atoms with E-state index < -0.39 is 0 Å². The van der Waals surface area contributed by atoms with E-state index in [9.17, 15) is 0 Å². The van der Waals surface area contributed by atoms with Crippen LogP contribution in [0.1, 0.15) is 0 Å². The molecule has 1 rings (SSSR count). The molecule has 74 valence electrons. The fraction of sp³-hybridized carbons (Fsp3) is 0.400. The van der Waals surface area contributed by atoms with Gasteiger partial charge in [0.2, 0.25) is 0 Å². The van der Waals surface area contributed by atoms with Crippen molar-refractivity contribution >= 4 is 0 Å². The first-order valence-corrected chi connectivity index (χ1v) is 4.21. The van der Waals surface area contributed by atoms with Crippen LogP contribution in [-0.4, -0.2) is 27.2 Å². The Balaban J connectivity index is 0.000000500. The number of hydrogen-bond donors (Lipinski definition) is 2. The zero-order valence-corrected chi connectivity index (χ0v) is 8.52. The van der Waals surface area contributed by atoms with Gasteiger partial charge in [-0.1, -0.05) is 6.58 Å². The molecule has 14 heavy (non-hydrogen) atoms. The Labute approximate surface area is 84.5 Å². The van der Waals surface area contributed by atoms with Gasteiger partial charge in [-0.25, -0.2) is 0 Å². The number of hydrogen-bond acceptors (Lipinski definition) is 4. The minimum absolute atomic E-state index is 0.181. The van der Waals surface area contributed by atoms with Gasteiger partial charge in [0.15, 0.2) is 0 Å². The molecule has 1 aliphatic rings. The summed E-state index contributed by atoms with van der Waals surface area (Å²) in [6, 6.07) is 3.68. The summed E-state index contributed by atoms with van der Waals surface area (Å²) in [6.45, 7) is 5.01. The lowest BCUT2D eigenvalue weighted by atomic mass is 10.1. The maximum absolute atomic E-state index is 8.50. The first-order valence-electron chi connectivity index (χ1n) is 4.21. The fourth-order valence-electron chi connectivity index (χ4n) is 0.995. The summed E-state index contributed by atoms with van der Waals surface area (Å²) in [5.41, 5.74) is 1.79. The van der Waals surface area contributed by atoms with Gasteiger partial charge in [0, 0.05) is 13.1 Å². The largest absolute Gasteiger partial charge is 0.323 e. The Morgan fingerprint density at radius 1 is 1.36 bits per heavy atom. The Bertz CT molecular complexity index is 298. The van der Waals surface area contributed by atoms with Crippen LogP contribution < -0.4 is 10.6 Å². The van der Waals surface area contributed by atoms with Crippen LogP contribution in [-0.2, 0) is 0 Å². The Morgan fingerprint density at radius 2 is 1.86 bits per heavy atom. The molecule has 1 aliphatic heterocycles. The van der Waals surface area contributed by atoms with E-state index in [0.29, 0.717) is 13.1 Å². The maximum atomic E-state index is 8.50. The highest BCUT2D eigenvalue weighted by Gasteiger charge is 2.14. The second-order valence-corrected chi connectivity index (χ2v) is 2.78. The third-order valence-corrected chi connectivity index (χ3v) is 1.59. The lowest BCUT2D eigenvalue weighted by Gasteiger charge is -1.93. The summed E-state index contributed by atoms with van der Waals surface area (Å²) in [7, 11) is 3.75. The second-order valence-electron chi connectivity index (χ2n) is 2.78. The molecular formula is C10H14N4. The number of rotatable bonds is 0. The van der Waals surface area contributed by atoms with Gasteiger partial charge < -0.3 is 10.6 Å². The number of nitrogens with zero attached hydrogens (tertiary/aromatic N) is 2. The van der Waals surface area contributed by atoms with Crippen molar-refractivity contribution in [2.75, 3.05) is 27.2 Å². The van der Waals surface area contributed by atoms with Crippen molar-refractivity contribution in [2.24, 2.45) is 0 Å². The van der Waals surface area contributed by atoms with Gasteiger partial charge >= 0.3 is 0 Å². The minimum Gasteiger partial charge on any atom is -0.323 e. The average molecular weight is 190 g/mol. The lowest BCUT2D eigenvalue weighted by molar-refractivity contribution is 0.895. The van der Waals surface area contributed by atoms with Crippen LogP contribution >= 0.6 is 0 Å². The SMILES string of the molecule is C=C1CNCC1=C(C#N)C#N.CNC. The molecule has 0 aromatic rings. The first-order chi connectivity index (χ1) is 6.71. The van der Waals surface area contributed by atoms with Gasteiger partial charge in [0.25, 0.3) is 0 Å². The van der Waals surface area contributed by atoms with Crippen molar-refractivity contribution in [3.8, 4) is 12.1 Å². The highest BCUT2D eigenvalue weighted by molar-refractivity contribution is 5.51. The Morgan fingerprint density at radius 3 is 2.14 bits per heavy atom. The highest BCUT2D eigenvalue weighted by atomic mass is 14.9. The van der Waals surface area contributed by atoms with Crippen molar-refractivity contribution < 1.29 is 0 Å². The number of allylic oxidation sites excluding steroid dienone is 1. The molecule has 1 fully saturated rings. The van der Waals surface area contributed by atoms with E-state index in [-0.39, 0.29) is 5.57 Å².